The Morgan fingerprint density at radius 2 is 1.86 bits per heavy atom. The van der Waals surface area contributed by atoms with Gasteiger partial charge in [-0.15, -0.1) is 0 Å². The summed E-state index contributed by atoms with van der Waals surface area (Å²) in [7, 11) is 1.73. The normalized spacial score (nSPS) is 10.1. The number of carbonyl (C=O) groups is 2. The lowest BCUT2D eigenvalue weighted by Crippen LogP contribution is -2.26. The van der Waals surface area contributed by atoms with E-state index in [2.05, 4.69) is 5.32 Å². The fraction of sp³-hybridized carbons (Fsp3) is 0.176. The molecule has 2 rings (SSSR count). The Balaban J connectivity index is 2.11. The van der Waals surface area contributed by atoms with E-state index < -0.39 is 0 Å². The molecule has 0 bridgehead atoms. The van der Waals surface area contributed by atoms with E-state index >= 15 is 0 Å². The molecule has 2 aromatic rings. The Morgan fingerprint density at radius 3 is 2.55 bits per heavy atom. The molecule has 0 fully saturated rings. The van der Waals surface area contributed by atoms with Gasteiger partial charge in [-0.25, -0.2) is 0 Å². The molecule has 0 unspecified atom stereocenters. The molecule has 0 spiro atoms. The van der Waals surface area contributed by atoms with Crippen LogP contribution in [0.3, 0.4) is 0 Å². The molecule has 0 saturated carbocycles. The Labute approximate surface area is 134 Å². The summed E-state index contributed by atoms with van der Waals surface area (Å²) in [5.41, 5.74) is 2.09. The second-order valence-electron chi connectivity index (χ2n) is 5.05. The molecule has 2 aromatic carbocycles. The van der Waals surface area contributed by atoms with Crippen molar-refractivity contribution < 1.29 is 9.59 Å². The van der Waals surface area contributed by atoms with Crippen LogP contribution in [0.1, 0.15) is 22.8 Å². The molecule has 2 amide bonds. The van der Waals surface area contributed by atoms with E-state index in [0.29, 0.717) is 22.8 Å². The molecule has 0 heterocycles. The summed E-state index contributed by atoms with van der Waals surface area (Å²) < 4.78 is 0. The van der Waals surface area contributed by atoms with Crippen molar-refractivity contribution in [1.82, 2.24) is 4.90 Å². The van der Waals surface area contributed by atoms with E-state index in [1.165, 1.54) is 6.92 Å². The quantitative estimate of drug-likeness (QED) is 0.937. The predicted octanol–water partition coefficient (Wildman–Crippen LogP) is 3.57. The minimum Gasteiger partial charge on any atom is -0.337 e. The van der Waals surface area contributed by atoms with Crippen molar-refractivity contribution in [3.8, 4) is 0 Å². The van der Waals surface area contributed by atoms with Crippen LogP contribution in [0.15, 0.2) is 48.5 Å². The van der Waals surface area contributed by atoms with Gasteiger partial charge in [0, 0.05) is 36.8 Å². The van der Waals surface area contributed by atoms with Crippen molar-refractivity contribution >= 4 is 29.1 Å². The van der Waals surface area contributed by atoms with Gasteiger partial charge >= 0.3 is 0 Å². The fourth-order valence-corrected chi connectivity index (χ4v) is 2.35. The minimum atomic E-state index is -0.170. The third-order valence-corrected chi connectivity index (χ3v) is 3.32. The molecular weight excluding hydrogens is 300 g/mol. The van der Waals surface area contributed by atoms with E-state index in [1.807, 2.05) is 18.2 Å². The summed E-state index contributed by atoms with van der Waals surface area (Å²) >= 11 is 5.95. The van der Waals surface area contributed by atoms with Gasteiger partial charge in [0.2, 0.25) is 5.91 Å². The fourth-order valence-electron chi connectivity index (χ4n) is 2.13. The van der Waals surface area contributed by atoms with Crippen LogP contribution in [0.4, 0.5) is 5.69 Å². The maximum absolute atomic E-state index is 12.5. The van der Waals surface area contributed by atoms with Gasteiger partial charge in [-0.05, 0) is 35.9 Å². The number of hydrogen-bond acceptors (Lipinski definition) is 2. The lowest BCUT2D eigenvalue weighted by atomic mass is 10.1. The highest BCUT2D eigenvalue weighted by atomic mass is 35.5. The largest absolute Gasteiger partial charge is 0.337 e. The first kappa shape index (κ1) is 16.0. The Bertz CT molecular complexity index is 701. The second kappa shape index (κ2) is 7.09. The van der Waals surface area contributed by atoms with E-state index in [4.69, 9.17) is 11.6 Å². The summed E-state index contributed by atoms with van der Waals surface area (Å²) in [5.74, 6) is -0.288. The number of amides is 2. The number of nitrogens with one attached hydrogen (secondary N) is 1. The molecule has 0 saturated heterocycles. The summed E-state index contributed by atoms with van der Waals surface area (Å²) in [6.07, 6.45) is 0. The number of hydrogen-bond donors (Lipinski definition) is 1. The van der Waals surface area contributed by atoms with Gasteiger partial charge in [0.15, 0.2) is 0 Å². The third kappa shape index (κ3) is 4.33. The summed E-state index contributed by atoms with van der Waals surface area (Å²) in [4.78, 5) is 25.1. The van der Waals surface area contributed by atoms with E-state index in [9.17, 15) is 9.59 Å². The van der Waals surface area contributed by atoms with Crippen molar-refractivity contribution in [3.05, 3.63) is 64.7 Å². The molecule has 0 aliphatic heterocycles. The number of halogens is 1. The third-order valence-electron chi connectivity index (χ3n) is 3.09. The Morgan fingerprint density at radius 1 is 1.14 bits per heavy atom. The SMILES string of the molecule is CC(=O)Nc1cccc(C(=O)N(C)Cc2cccc(Cl)c2)c1. The number of nitrogens with zero attached hydrogens (tertiary/aromatic N) is 1. The first-order chi connectivity index (χ1) is 10.5. The van der Waals surface area contributed by atoms with Gasteiger partial charge in [0.1, 0.15) is 0 Å². The zero-order valence-corrected chi connectivity index (χ0v) is 13.2. The second-order valence-corrected chi connectivity index (χ2v) is 5.49. The van der Waals surface area contributed by atoms with Crippen molar-refractivity contribution in [2.24, 2.45) is 0 Å². The van der Waals surface area contributed by atoms with Crippen LogP contribution in [0.2, 0.25) is 5.02 Å². The average molecular weight is 317 g/mol. The monoisotopic (exact) mass is 316 g/mol. The first-order valence-corrected chi connectivity index (χ1v) is 7.21. The maximum atomic E-state index is 12.5. The number of rotatable bonds is 4. The average Bonchev–Trinajstić information content (AvgIpc) is 2.46. The van der Waals surface area contributed by atoms with Gasteiger partial charge in [-0.2, -0.15) is 0 Å². The van der Waals surface area contributed by atoms with E-state index in [1.54, 1.807) is 42.3 Å². The Kier molecular flexibility index (Phi) is 5.17. The van der Waals surface area contributed by atoms with Crippen molar-refractivity contribution in [2.75, 3.05) is 12.4 Å². The van der Waals surface area contributed by atoms with Crippen LogP contribution in [-0.4, -0.2) is 23.8 Å². The number of anilines is 1. The van der Waals surface area contributed by atoms with Crippen LogP contribution in [0, 0.1) is 0 Å². The lowest BCUT2D eigenvalue weighted by Gasteiger charge is -2.18. The zero-order chi connectivity index (χ0) is 16.1. The van der Waals surface area contributed by atoms with Crippen LogP contribution >= 0.6 is 11.6 Å². The van der Waals surface area contributed by atoms with Gasteiger partial charge in [0.05, 0.1) is 0 Å². The summed E-state index contributed by atoms with van der Waals surface area (Å²) in [6, 6.07) is 14.3. The van der Waals surface area contributed by atoms with Crippen LogP contribution in [0.25, 0.3) is 0 Å². The number of carbonyl (C=O) groups excluding carboxylic acids is 2. The van der Waals surface area contributed by atoms with Crippen molar-refractivity contribution in [3.63, 3.8) is 0 Å². The molecule has 114 valence electrons. The molecule has 0 aliphatic rings. The molecule has 22 heavy (non-hydrogen) atoms. The van der Waals surface area contributed by atoms with Crippen molar-refractivity contribution in [2.45, 2.75) is 13.5 Å². The van der Waals surface area contributed by atoms with Crippen LogP contribution in [-0.2, 0) is 11.3 Å². The molecule has 1 N–H and O–H groups in total. The van der Waals surface area contributed by atoms with Crippen LogP contribution < -0.4 is 5.32 Å². The highest BCUT2D eigenvalue weighted by Gasteiger charge is 2.13. The molecule has 0 aromatic heterocycles. The molecule has 5 heteroatoms. The van der Waals surface area contributed by atoms with Crippen molar-refractivity contribution in [1.29, 1.82) is 0 Å². The highest BCUT2D eigenvalue weighted by Crippen LogP contribution is 2.15. The van der Waals surface area contributed by atoms with Gasteiger partial charge < -0.3 is 10.2 Å². The zero-order valence-electron chi connectivity index (χ0n) is 12.5. The standard InChI is InChI=1S/C17H17ClN2O2/c1-12(21)19-16-8-4-6-14(10-16)17(22)20(2)11-13-5-3-7-15(18)9-13/h3-10H,11H2,1-2H3,(H,19,21). The molecule has 0 aliphatic carbocycles. The lowest BCUT2D eigenvalue weighted by molar-refractivity contribution is -0.114. The van der Waals surface area contributed by atoms with Gasteiger partial charge in [-0.1, -0.05) is 29.8 Å². The van der Waals surface area contributed by atoms with Gasteiger partial charge in [0.25, 0.3) is 5.91 Å². The predicted molar refractivity (Wildman–Crippen MR) is 88.0 cm³/mol. The van der Waals surface area contributed by atoms with Gasteiger partial charge in [-0.3, -0.25) is 9.59 Å². The molecule has 4 nitrogen and oxygen atoms in total. The van der Waals surface area contributed by atoms with E-state index in [0.717, 1.165) is 5.56 Å². The van der Waals surface area contributed by atoms with E-state index in [-0.39, 0.29) is 11.8 Å². The first-order valence-electron chi connectivity index (χ1n) is 6.83. The Hall–Kier alpha value is -2.33. The summed E-state index contributed by atoms with van der Waals surface area (Å²) in [5, 5.41) is 3.31. The highest BCUT2D eigenvalue weighted by molar-refractivity contribution is 6.30. The topological polar surface area (TPSA) is 49.4 Å². The molecule has 0 radical (unpaired) electrons. The number of benzene rings is 2. The minimum absolute atomic E-state index is 0.118. The molecule has 0 atom stereocenters. The maximum Gasteiger partial charge on any atom is 0.253 e. The smallest absolute Gasteiger partial charge is 0.253 e. The van der Waals surface area contributed by atoms with Crippen LogP contribution in [0.5, 0.6) is 0 Å². The molecular formula is C17H17ClN2O2. The summed E-state index contributed by atoms with van der Waals surface area (Å²) in [6.45, 7) is 1.89.